The van der Waals surface area contributed by atoms with Crippen LogP contribution in [0.3, 0.4) is 0 Å². The SMILES string of the molecule is CC1CC2C3CC(C(=O)O)C(C3)C2C1C. The van der Waals surface area contributed by atoms with Gasteiger partial charge in [-0.05, 0) is 54.8 Å². The molecule has 0 amide bonds. The van der Waals surface area contributed by atoms with E-state index in [0.29, 0.717) is 5.92 Å². The van der Waals surface area contributed by atoms with Gasteiger partial charge in [0.25, 0.3) is 0 Å². The molecular weight excluding hydrogens is 188 g/mol. The lowest BCUT2D eigenvalue weighted by Crippen LogP contribution is -2.32. The molecule has 0 radical (unpaired) electrons. The third kappa shape index (κ3) is 1.14. The Kier molecular flexibility index (Phi) is 1.93. The van der Waals surface area contributed by atoms with E-state index in [-0.39, 0.29) is 5.92 Å². The molecule has 0 heterocycles. The van der Waals surface area contributed by atoms with Crippen LogP contribution in [0.5, 0.6) is 0 Å². The van der Waals surface area contributed by atoms with Crippen molar-refractivity contribution in [3.63, 3.8) is 0 Å². The van der Waals surface area contributed by atoms with Crippen LogP contribution in [0, 0.1) is 41.4 Å². The van der Waals surface area contributed by atoms with Gasteiger partial charge in [0.05, 0.1) is 5.92 Å². The fraction of sp³-hybridized carbons (Fsp3) is 0.923. The number of carboxylic acids is 1. The summed E-state index contributed by atoms with van der Waals surface area (Å²) in [7, 11) is 0. The van der Waals surface area contributed by atoms with Crippen LogP contribution in [0.2, 0.25) is 0 Å². The number of aliphatic carboxylic acids is 1. The lowest BCUT2D eigenvalue weighted by atomic mass is 9.73. The molecule has 0 aliphatic heterocycles. The van der Waals surface area contributed by atoms with Crippen LogP contribution < -0.4 is 0 Å². The first-order valence-electron chi connectivity index (χ1n) is 6.32. The maximum Gasteiger partial charge on any atom is 0.306 e. The number of carbonyl (C=O) groups is 1. The van der Waals surface area contributed by atoms with Gasteiger partial charge in [0.1, 0.15) is 0 Å². The quantitative estimate of drug-likeness (QED) is 0.719. The van der Waals surface area contributed by atoms with Crippen molar-refractivity contribution in [1.29, 1.82) is 0 Å². The highest BCUT2D eigenvalue weighted by Crippen LogP contribution is 2.63. The number of rotatable bonds is 1. The van der Waals surface area contributed by atoms with Crippen molar-refractivity contribution in [2.24, 2.45) is 41.4 Å². The maximum absolute atomic E-state index is 11.2. The minimum absolute atomic E-state index is 0.0102. The van der Waals surface area contributed by atoms with E-state index in [1.54, 1.807) is 0 Å². The Morgan fingerprint density at radius 3 is 2.53 bits per heavy atom. The standard InChI is InChI=1S/C13H20O2/c1-6-3-9-8-4-10(12(9)7(6)2)11(5-8)13(14)15/h6-12H,3-5H2,1-2H3,(H,14,15). The van der Waals surface area contributed by atoms with Crippen LogP contribution in [0.4, 0.5) is 0 Å². The average molecular weight is 208 g/mol. The second-order valence-corrected chi connectivity index (χ2v) is 6.15. The van der Waals surface area contributed by atoms with Crippen molar-refractivity contribution in [3.8, 4) is 0 Å². The summed E-state index contributed by atoms with van der Waals surface area (Å²) >= 11 is 0. The molecule has 3 rings (SSSR count). The van der Waals surface area contributed by atoms with Gasteiger partial charge in [-0.1, -0.05) is 13.8 Å². The number of hydrogen-bond acceptors (Lipinski definition) is 1. The zero-order valence-corrected chi connectivity index (χ0v) is 9.52. The summed E-state index contributed by atoms with van der Waals surface area (Å²) in [5.41, 5.74) is 0. The summed E-state index contributed by atoms with van der Waals surface area (Å²) in [5, 5.41) is 9.21. The van der Waals surface area contributed by atoms with Gasteiger partial charge in [-0.3, -0.25) is 4.79 Å². The smallest absolute Gasteiger partial charge is 0.306 e. The third-order valence-corrected chi connectivity index (χ3v) is 5.71. The zero-order chi connectivity index (χ0) is 10.7. The molecule has 3 aliphatic rings. The van der Waals surface area contributed by atoms with Gasteiger partial charge in [0, 0.05) is 0 Å². The molecule has 0 aromatic heterocycles. The van der Waals surface area contributed by atoms with E-state index in [0.717, 1.165) is 36.0 Å². The minimum Gasteiger partial charge on any atom is -0.481 e. The Balaban J connectivity index is 1.87. The van der Waals surface area contributed by atoms with Gasteiger partial charge < -0.3 is 5.11 Å². The second kappa shape index (κ2) is 2.99. The van der Waals surface area contributed by atoms with E-state index in [9.17, 15) is 9.90 Å². The van der Waals surface area contributed by atoms with E-state index >= 15 is 0 Å². The lowest BCUT2D eigenvalue weighted by Gasteiger charge is -2.31. The average Bonchev–Trinajstić information content (AvgIpc) is 2.79. The molecule has 0 spiro atoms. The maximum atomic E-state index is 11.2. The summed E-state index contributed by atoms with van der Waals surface area (Å²) in [6.07, 6.45) is 3.54. The fourth-order valence-corrected chi connectivity index (χ4v) is 4.95. The fourth-order valence-electron chi connectivity index (χ4n) is 4.95. The summed E-state index contributed by atoms with van der Waals surface area (Å²) in [5.74, 6) is 3.89. The number of hydrogen-bond donors (Lipinski definition) is 1. The van der Waals surface area contributed by atoms with Gasteiger partial charge in [0.2, 0.25) is 0 Å². The molecule has 0 aromatic carbocycles. The van der Waals surface area contributed by atoms with E-state index in [1.165, 1.54) is 12.8 Å². The predicted molar refractivity (Wildman–Crippen MR) is 57.3 cm³/mol. The monoisotopic (exact) mass is 208 g/mol. The molecule has 2 nitrogen and oxygen atoms in total. The van der Waals surface area contributed by atoms with Crippen LogP contribution in [0.1, 0.15) is 33.1 Å². The molecule has 7 atom stereocenters. The minimum atomic E-state index is -0.535. The Labute approximate surface area is 91.1 Å². The molecule has 15 heavy (non-hydrogen) atoms. The van der Waals surface area contributed by atoms with Crippen molar-refractivity contribution >= 4 is 5.97 Å². The van der Waals surface area contributed by atoms with Crippen molar-refractivity contribution in [2.75, 3.05) is 0 Å². The molecule has 7 unspecified atom stereocenters. The first-order chi connectivity index (χ1) is 7.09. The van der Waals surface area contributed by atoms with E-state index in [2.05, 4.69) is 13.8 Å². The molecular formula is C13H20O2. The van der Waals surface area contributed by atoms with Crippen molar-refractivity contribution in [2.45, 2.75) is 33.1 Å². The van der Waals surface area contributed by atoms with Gasteiger partial charge in [0.15, 0.2) is 0 Å². The summed E-state index contributed by atoms with van der Waals surface area (Å²) in [6, 6.07) is 0. The molecule has 3 fully saturated rings. The highest BCUT2D eigenvalue weighted by atomic mass is 16.4. The Morgan fingerprint density at radius 1 is 1.13 bits per heavy atom. The Bertz CT molecular complexity index is 299. The highest BCUT2D eigenvalue weighted by molar-refractivity contribution is 5.71. The van der Waals surface area contributed by atoms with Crippen molar-refractivity contribution < 1.29 is 9.90 Å². The van der Waals surface area contributed by atoms with E-state index < -0.39 is 5.97 Å². The first kappa shape index (κ1) is 9.68. The van der Waals surface area contributed by atoms with Crippen LogP contribution in [-0.2, 0) is 4.79 Å². The second-order valence-electron chi connectivity index (χ2n) is 6.15. The van der Waals surface area contributed by atoms with Gasteiger partial charge in [-0.15, -0.1) is 0 Å². The summed E-state index contributed by atoms with van der Waals surface area (Å²) in [6.45, 7) is 4.69. The molecule has 84 valence electrons. The molecule has 1 N–H and O–H groups in total. The van der Waals surface area contributed by atoms with Gasteiger partial charge in [-0.25, -0.2) is 0 Å². The largest absolute Gasteiger partial charge is 0.481 e. The molecule has 2 bridgehead atoms. The van der Waals surface area contributed by atoms with Gasteiger partial charge >= 0.3 is 5.97 Å². The molecule has 3 aliphatic carbocycles. The predicted octanol–water partition coefficient (Wildman–Crippen LogP) is 2.64. The molecule has 3 saturated carbocycles. The summed E-state index contributed by atoms with van der Waals surface area (Å²) in [4.78, 5) is 11.2. The third-order valence-electron chi connectivity index (χ3n) is 5.71. The van der Waals surface area contributed by atoms with Crippen LogP contribution >= 0.6 is 0 Å². The summed E-state index contributed by atoms with van der Waals surface area (Å²) < 4.78 is 0. The van der Waals surface area contributed by atoms with Crippen molar-refractivity contribution in [3.05, 3.63) is 0 Å². The molecule has 0 aromatic rings. The van der Waals surface area contributed by atoms with Crippen LogP contribution in [0.15, 0.2) is 0 Å². The Morgan fingerprint density at radius 2 is 1.87 bits per heavy atom. The lowest BCUT2D eigenvalue weighted by molar-refractivity contribution is -0.144. The highest BCUT2D eigenvalue weighted by Gasteiger charge is 2.59. The number of carboxylic acid groups (broad SMARTS) is 1. The van der Waals surface area contributed by atoms with Crippen LogP contribution in [0.25, 0.3) is 0 Å². The topological polar surface area (TPSA) is 37.3 Å². The number of fused-ring (bicyclic) bond motifs is 5. The molecule has 2 heteroatoms. The van der Waals surface area contributed by atoms with Crippen LogP contribution in [-0.4, -0.2) is 11.1 Å². The molecule has 0 saturated heterocycles. The normalized spacial score (nSPS) is 57.1. The van der Waals surface area contributed by atoms with Gasteiger partial charge in [-0.2, -0.15) is 0 Å². The Hall–Kier alpha value is -0.530. The first-order valence-corrected chi connectivity index (χ1v) is 6.32. The van der Waals surface area contributed by atoms with E-state index in [4.69, 9.17) is 0 Å². The van der Waals surface area contributed by atoms with Crippen molar-refractivity contribution in [1.82, 2.24) is 0 Å². The zero-order valence-electron chi connectivity index (χ0n) is 9.52. The van der Waals surface area contributed by atoms with E-state index in [1.807, 2.05) is 0 Å².